The molecule has 0 radical (unpaired) electrons. The summed E-state index contributed by atoms with van der Waals surface area (Å²) in [6.45, 7) is 8.98. The van der Waals surface area contributed by atoms with Gasteiger partial charge in [-0.15, -0.1) is 0 Å². The fraction of sp³-hybridized carbons (Fsp3) is 0.938. The van der Waals surface area contributed by atoms with Gasteiger partial charge in [0.2, 0.25) is 0 Å². The highest BCUT2D eigenvalue weighted by Gasteiger charge is 2.49. The van der Waals surface area contributed by atoms with E-state index in [4.69, 9.17) is 9.47 Å². The van der Waals surface area contributed by atoms with Gasteiger partial charge in [0.15, 0.2) is 0 Å². The van der Waals surface area contributed by atoms with E-state index in [0.717, 1.165) is 58.3 Å². The number of ether oxygens (including phenoxy) is 2. The van der Waals surface area contributed by atoms with Gasteiger partial charge in [0.25, 0.3) is 0 Å². The van der Waals surface area contributed by atoms with Crippen LogP contribution in [0.3, 0.4) is 0 Å². The Morgan fingerprint density at radius 1 is 1.25 bits per heavy atom. The van der Waals surface area contributed by atoms with Gasteiger partial charge < -0.3 is 14.8 Å². The standard InChI is InChI=1S/C16H31NO3/c1-4-11-17-16(15(18)20-6-3)10-7-8-14(16)9-13-19-12-5-2/h14,17H,4-13H2,1-3H3. The third kappa shape index (κ3) is 4.45. The summed E-state index contributed by atoms with van der Waals surface area (Å²) in [5.74, 6) is 0.274. The normalized spacial score (nSPS) is 25.9. The molecule has 0 bridgehead atoms. The van der Waals surface area contributed by atoms with E-state index in [9.17, 15) is 4.79 Å². The second kappa shape index (κ2) is 9.35. The lowest BCUT2D eigenvalue weighted by Crippen LogP contribution is -2.56. The minimum absolute atomic E-state index is 0.0635. The van der Waals surface area contributed by atoms with Crippen molar-refractivity contribution in [3.63, 3.8) is 0 Å². The van der Waals surface area contributed by atoms with Crippen LogP contribution in [0.2, 0.25) is 0 Å². The predicted octanol–water partition coefficient (Wildman–Crippen LogP) is 2.90. The zero-order valence-electron chi connectivity index (χ0n) is 13.4. The lowest BCUT2D eigenvalue weighted by Gasteiger charge is -2.34. The summed E-state index contributed by atoms with van der Waals surface area (Å²) in [5.41, 5.74) is -0.471. The Morgan fingerprint density at radius 2 is 2.05 bits per heavy atom. The third-order valence-electron chi connectivity index (χ3n) is 4.11. The maximum Gasteiger partial charge on any atom is 0.326 e. The summed E-state index contributed by atoms with van der Waals surface area (Å²) in [5, 5.41) is 3.49. The Hall–Kier alpha value is -0.610. The van der Waals surface area contributed by atoms with Crippen molar-refractivity contribution >= 4 is 5.97 Å². The quantitative estimate of drug-likeness (QED) is 0.495. The third-order valence-corrected chi connectivity index (χ3v) is 4.11. The van der Waals surface area contributed by atoms with Crippen LogP contribution >= 0.6 is 0 Å². The SMILES string of the molecule is CCCNC1(C(=O)OCC)CCCC1CCOCCC. The van der Waals surface area contributed by atoms with E-state index >= 15 is 0 Å². The topological polar surface area (TPSA) is 47.6 Å². The maximum atomic E-state index is 12.4. The Morgan fingerprint density at radius 3 is 2.70 bits per heavy atom. The highest BCUT2D eigenvalue weighted by atomic mass is 16.5. The second-order valence-electron chi connectivity index (χ2n) is 5.61. The molecule has 1 aliphatic rings. The van der Waals surface area contributed by atoms with Crippen LogP contribution in [0, 0.1) is 5.92 Å². The number of carbonyl (C=O) groups excluding carboxylic acids is 1. The fourth-order valence-corrected chi connectivity index (χ4v) is 3.12. The van der Waals surface area contributed by atoms with Crippen molar-refractivity contribution in [3.05, 3.63) is 0 Å². The average Bonchev–Trinajstić information content (AvgIpc) is 2.86. The maximum absolute atomic E-state index is 12.4. The minimum Gasteiger partial charge on any atom is -0.465 e. The van der Waals surface area contributed by atoms with Crippen molar-refractivity contribution < 1.29 is 14.3 Å². The summed E-state index contributed by atoms with van der Waals surface area (Å²) >= 11 is 0. The summed E-state index contributed by atoms with van der Waals surface area (Å²) < 4.78 is 10.9. The molecule has 0 amide bonds. The molecule has 0 aromatic heterocycles. The Balaban J connectivity index is 2.65. The molecule has 0 spiro atoms. The number of rotatable bonds is 10. The number of hydrogen-bond donors (Lipinski definition) is 1. The molecule has 0 saturated heterocycles. The van der Waals surface area contributed by atoms with Crippen LogP contribution in [-0.2, 0) is 14.3 Å². The van der Waals surface area contributed by atoms with Crippen molar-refractivity contribution in [2.75, 3.05) is 26.4 Å². The Bertz CT molecular complexity index is 283. The van der Waals surface area contributed by atoms with Crippen LogP contribution in [-0.4, -0.2) is 37.9 Å². The molecule has 0 aromatic rings. The molecule has 1 saturated carbocycles. The average molecular weight is 285 g/mol. The van der Waals surface area contributed by atoms with Gasteiger partial charge in [-0.25, -0.2) is 0 Å². The van der Waals surface area contributed by atoms with Crippen LogP contribution < -0.4 is 5.32 Å². The molecule has 4 heteroatoms. The van der Waals surface area contributed by atoms with Gasteiger partial charge in [-0.3, -0.25) is 4.79 Å². The fourth-order valence-electron chi connectivity index (χ4n) is 3.12. The molecule has 118 valence electrons. The molecule has 20 heavy (non-hydrogen) atoms. The van der Waals surface area contributed by atoms with Crippen LogP contribution in [0.4, 0.5) is 0 Å². The van der Waals surface area contributed by atoms with E-state index < -0.39 is 5.54 Å². The number of carbonyl (C=O) groups is 1. The van der Waals surface area contributed by atoms with Crippen LogP contribution in [0.1, 0.15) is 59.3 Å². The first-order valence-electron chi connectivity index (χ1n) is 8.21. The van der Waals surface area contributed by atoms with Crippen LogP contribution in [0.25, 0.3) is 0 Å². The molecule has 4 nitrogen and oxygen atoms in total. The molecule has 2 atom stereocenters. The molecular formula is C16H31NO3. The van der Waals surface area contributed by atoms with Crippen molar-refractivity contribution in [3.8, 4) is 0 Å². The molecule has 0 heterocycles. The molecule has 1 aliphatic carbocycles. The molecule has 0 aromatic carbocycles. The van der Waals surface area contributed by atoms with Crippen molar-refractivity contribution in [2.24, 2.45) is 5.92 Å². The molecule has 1 rings (SSSR count). The summed E-state index contributed by atoms with van der Waals surface area (Å²) in [6, 6.07) is 0. The molecule has 0 aliphatic heterocycles. The first kappa shape index (κ1) is 17.4. The first-order valence-corrected chi connectivity index (χ1v) is 8.21. The Labute approximate surface area is 123 Å². The smallest absolute Gasteiger partial charge is 0.326 e. The van der Waals surface area contributed by atoms with Crippen molar-refractivity contribution in [2.45, 2.75) is 64.8 Å². The van der Waals surface area contributed by atoms with Crippen LogP contribution in [0.5, 0.6) is 0 Å². The van der Waals surface area contributed by atoms with E-state index in [1.54, 1.807) is 0 Å². The number of hydrogen-bond acceptors (Lipinski definition) is 4. The Kier molecular flexibility index (Phi) is 8.15. The van der Waals surface area contributed by atoms with Gasteiger partial charge in [-0.2, -0.15) is 0 Å². The molecular weight excluding hydrogens is 254 g/mol. The predicted molar refractivity (Wildman–Crippen MR) is 80.7 cm³/mol. The zero-order chi connectivity index (χ0) is 14.8. The van der Waals surface area contributed by atoms with Crippen molar-refractivity contribution in [1.82, 2.24) is 5.32 Å². The van der Waals surface area contributed by atoms with Gasteiger partial charge in [-0.05, 0) is 51.5 Å². The van der Waals surface area contributed by atoms with Gasteiger partial charge in [0, 0.05) is 13.2 Å². The van der Waals surface area contributed by atoms with E-state index in [1.165, 1.54) is 0 Å². The molecule has 1 N–H and O–H groups in total. The largest absolute Gasteiger partial charge is 0.465 e. The molecule has 2 unspecified atom stereocenters. The zero-order valence-corrected chi connectivity index (χ0v) is 13.4. The minimum atomic E-state index is -0.471. The second-order valence-corrected chi connectivity index (χ2v) is 5.61. The van der Waals surface area contributed by atoms with Gasteiger partial charge >= 0.3 is 5.97 Å². The summed E-state index contributed by atoms with van der Waals surface area (Å²) in [4.78, 5) is 12.4. The lowest BCUT2D eigenvalue weighted by molar-refractivity contribution is -0.153. The lowest BCUT2D eigenvalue weighted by atomic mass is 9.84. The highest BCUT2D eigenvalue weighted by Crippen LogP contribution is 2.39. The van der Waals surface area contributed by atoms with Crippen LogP contribution in [0.15, 0.2) is 0 Å². The number of nitrogens with one attached hydrogen (secondary N) is 1. The van der Waals surface area contributed by atoms with E-state index in [1.807, 2.05) is 6.92 Å². The van der Waals surface area contributed by atoms with Gasteiger partial charge in [-0.1, -0.05) is 20.3 Å². The monoisotopic (exact) mass is 285 g/mol. The van der Waals surface area contributed by atoms with Gasteiger partial charge in [0.05, 0.1) is 6.61 Å². The van der Waals surface area contributed by atoms with E-state index in [0.29, 0.717) is 12.5 Å². The first-order chi connectivity index (χ1) is 9.71. The van der Waals surface area contributed by atoms with E-state index in [-0.39, 0.29) is 5.97 Å². The molecule has 1 fully saturated rings. The highest BCUT2D eigenvalue weighted by molar-refractivity contribution is 5.81. The van der Waals surface area contributed by atoms with Crippen molar-refractivity contribution in [1.29, 1.82) is 0 Å². The summed E-state index contributed by atoms with van der Waals surface area (Å²) in [7, 11) is 0. The summed E-state index contributed by atoms with van der Waals surface area (Å²) in [6.07, 6.45) is 6.08. The number of esters is 1. The van der Waals surface area contributed by atoms with E-state index in [2.05, 4.69) is 19.2 Å². The van der Waals surface area contributed by atoms with Gasteiger partial charge in [0.1, 0.15) is 5.54 Å².